The van der Waals surface area contributed by atoms with Crippen molar-refractivity contribution in [2.75, 3.05) is 0 Å². The quantitative estimate of drug-likeness (QED) is 0.160. The summed E-state index contributed by atoms with van der Waals surface area (Å²) in [5.41, 5.74) is 17.0. The number of nitrogens with zero attached hydrogens (tertiary/aromatic N) is 3. The van der Waals surface area contributed by atoms with Crippen molar-refractivity contribution >= 4 is 49.7 Å². The lowest BCUT2D eigenvalue weighted by Crippen LogP contribution is -1.90. The molecule has 0 aliphatic carbocycles. The molecule has 0 radical (unpaired) electrons. The Morgan fingerprint density at radius 2 is 1.27 bits per heavy atom. The predicted molar refractivity (Wildman–Crippen MR) is 181 cm³/mol. The van der Waals surface area contributed by atoms with E-state index in [1.807, 2.05) is 18.2 Å². The van der Waals surface area contributed by atoms with Crippen molar-refractivity contribution in [1.82, 2.24) is 19.9 Å². The normalized spacial score (nSPS) is 12.7. The van der Waals surface area contributed by atoms with Crippen molar-refractivity contribution in [3.63, 3.8) is 0 Å². The number of nitro groups is 1. The van der Waals surface area contributed by atoms with Gasteiger partial charge in [0.15, 0.2) is 0 Å². The number of hydrogen-bond donors (Lipinski definition) is 2. The topological polar surface area (TPSA) is 100 Å². The van der Waals surface area contributed by atoms with Crippen molar-refractivity contribution in [2.24, 2.45) is 0 Å². The highest BCUT2D eigenvalue weighted by molar-refractivity contribution is 6.08. The van der Waals surface area contributed by atoms with E-state index >= 15 is 0 Å². The average molecular weight is 582 g/mol. The summed E-state index contributed by atoms with van der Waals surface area (Å²) in [4.78, 5) is 29.4. The second kappa shape index (κ2) is 10.3. The lowest BCUT2D eigenvalue weighted by molar-refractivity contribution is -0.383. The lowest BCUT2D eigenvalue weighted by Gasteiger charge is -2.06. The lowest BCUT2D eigenvalue weighted by atomic mass is 9.95. The van der Waals surface area contributed by atoms with Crippen molar-refractivity contribution in [3.05, 3.63) is 98.4 Å². The number of nitrogens with one attached hydrogen (secondary N) is 2. The third-order valence-electron chi connectivity index (χ3n) is 9.48. The molecule has 3 aromatic heterocycles. The molecular formula is C37H35N5O2. The van der Waals surface area contributed by atoms with Gasteiger partial charge in [0, 0.05) is 39.3 Å². The van der Waals surface area contributed by atoms with Gasteiger partial charge >= 0.3 is 0 Å². The summed E-state index contributed by atoms with van der Waals surface area (Å²) in [6.07, 6.45) is 2.64. The molecule has 0 saturated carbocycles. The van der Waals surface area contributed by atoms with Gasteiger partial charge in [0.05, 0.1) is 33.1 Å². The average Bonchev–Trinajstić information content (AvgIpc) is 3.69. The summed E-state index contributed by atoms with van der Waals surface area (Å²) in [6, 6.07) is 17.7. The first kappa shape index (κ1) is 27.8. The van der Waals surface area contributed by atoms with Crippen LogP contribution in [0.1, 0.15) is 67.8 Å². The SMILES string of the molecule is CCC1=C(C)c2cc3[nH]c(cc4nc(cc5[nH]c(cc1n2)c(CC)c5C)-c1ccc2c([N+](=O)[O-])cccc2c1-4)c(CC)c3C. The smallest absolute Gasteiger partial charge is 0.277 e. The largest absolute Gasteiger partial charge is 0.355 e. The van der Waals surface area contributed by atoms with Gasteiger partial charge in [0.2, 0.25) is 0 Å². The maximum atomic E-state index is 12.0. The van der Waals surface area contributed by atoms with Gasteiger partial charge in [0.25, 0.3) is 5.69 Å². The van der Waals surface area contributed by atoms with Crippen molar-refractivity contribution < 1.29 is 4.92 Å². The Balaban J connectivity index is 1.68. The Bertz CT molecular complexity index is 2250. The second-order valence-corrected chi connectivity index (χ2v) is 11.7. The van der Waals surface area contributed by atoms with Gasteiger partial charge in [-0.25, -0.2) is 9.97 Å². The fraction of sp³-hybridized carbons (Fsp3) is 0.243. The van der Waals surface area contributed by atoms with Crippen LogP contribution in [-0.2, 0) is 12.8 Å². The number of allylic oxidation sites excluding steroid dienone is 2. The summed E-state index contributed by atoms with van der Waals surface area (Å²) < 4.78 is 0. The molecule has 220 valence electrons. The monoisotopic (exact) mass is 581 g/mol. The molecular weight excluding hydrogens is 546 g/mol. The summed E-state index contributed by atoms with van der Waals surface area (Å²) in [5, 5.41) is 13.4. The fourth-order valence-corrected chi connectivity index (χ4v) is 7.14. The van der Waals surface area contributed by atoms with Crippen LogP contribution >= 0.6 is 0 Å². The van der Waals surface area contributed by atoms with Gasteiger partial charge in [-0.05, 0) is 109 Å². The first-order chi connectivity index (χ1) is 21.2. The molecule has 44 heavy (non-hydrogen) atoms. The molecule has 0 unspecified atom stereocenters. The maximum Gasteiger partial charge on any atom is 0.277 e. The van der Waals surface area contributed by atoms with Gasteiger partial charge in [-0.3, -0.25) is 10.1 Å². The molecule has 7 nitrogen and oxygen atoms in total. The van der Waals surface area contributed by atoms with Crippen LogP contribution in [0.3, 0.4) is 0 Å². The number of fused-ring (bicyclic) bond motifs is 13. The minimum atomic E-state index is -0.310. The molecule has 0 atom stereocenters. The minimum absolute atomic E-state index is 0.0958. The van der Waals surface area contributed by atoms with E-state index in [0.717, 1.165) is 80.6 Å². The van der Waals surface area contributed by atoms with E-state index in [1.54, 1.807) is 12.1 Å². The molecule has 0 saturated heterocycles. The van der Waals surface area contributed by atoms with Gasteiger partial charge < -0.3 is 9.97 Å². The van der Waals surface area contributed by atoms with E-state index in [0.29, 0.717) is 5.39 Å². The van der Waals surface area contributed by atoms with Crippen molar-refractivity contribution in [2.45, 2.75) is 60.8 Å². The molecule has 0 fully saturated rings. The number of H-pyrrole nitrogens is 2. The highest BCUT2D eigenvalue weighted by Gasteiger charge is 2.24. The Hall–Kier alpha value is -5.04. The maximum absolute atomic E-state index is 12.0. The van der Waals surface area contributed by atoms with Crippen LogP contribution < -0.4 is 0 Å². The highest BCUT2D eigenvalue weighted by atomic mass is 16.6. The molecule has 2 N–H and O–H groups in total. The molecule has 0 spiro atoms. The van der Waals surface area contributed by atoms with Crippen molar-refractivity contribution in [1.29, 1.82) is 0 Å². The third kappa shape index (κ3) is 4.10. The van der Waals surface area contributed by atoms with Gasteiger partial charge in [-0.15, -0.1) is 0 Å². The van der Waals surface area contributed by atoms with Gasteiger partial charge in [-0.2, -0.15) is 0 Å². The molecule has 2 aliphatic heterocycles. The van der Waals surface area contributed by atoms with E-state index in [9.17, 15) is 10.1 Å². The molecule has 0 amide bonds. The molecule has 2 aliphatic rings. The zero-order chi connectivity index (χ0) is 30.9. The zero-order valence-electron chi connectivity index (χ0n) is 26.0. The third-order valence-corrected chi connectivity index (χ3v) is 9.48. The molecule has 7 rings (SSSR count). The standard InChI is InChI=1S/C37H35N5O2/c1-7-22-19(4)28-15-29-20(5)24(9-3)33(39-29)18-35-37-26-11-10-12-36(42(43)44)25(26)13-14-27(37)34(41-35)16-30-21(6)23(8-2)32(40-30)17-31(22)38-28/h10-18,39-40H,7-9H2,1-6H3. The van der Waals surface area contributed by atoms with Crippen LogP contribution in [-0.4, -0.2) is 24.9 Å². The first-order valence-electron chi connectivity index (χ1n) is 15.4. The molecule has 5 heterocycles. The number of rotatable bonds is 4. The van der Waals surface area contributed by atoms with Crippen LogP contribution in [0.25, 0.3) is 66.5 Å². The Labute approximate surface area is 255 Å². The Kier molecular flexibility index (Phi) is 6.50. The second-order valence-electron chi connectivity index (χ2n) is 11.7. The minimum Gasteiger partial charge on any atom is -0.355 e. The number of nitro benzene ring substituents is 1. The van der Waals surface area contributed by atoms with E-state index in [2.05, 4.69) is 75.8 Å². The summed E-state index contributed by atoms with van der Waals surface area (Å²) >= 11 is 0. The summed E-state index contributed by atoms with van der Waals surface area (Å²) in [5.74, 6) is 0. The van der Waals surface area contributed by atoms with E-state index in [4.69, 9.17) is 9.97 Å². The number of aromatic nitrogens is 4. The van der Waals surface area contributed by atoms with Crippen LogP contribution in [0.4, 0.5) is 5.69 Å². The number of aromatic amines is 2. The summed E-state index contributed by atoms with van der Waals surface area (Å²) in [7, 11) is 0. The van der Waals surface area contributed by atoms with Crippen molar-refractivity contribution in [3.8, 4) is 22.5 Å². The number of aryl methyl sites for hydroxylation is 4. The predicted octanol–water partition coefficient (Wildman–Crippen LogP) is 9.79. The molecule has 7 heteroatoms. The molecule has 8 bridgehead atoms. The van der Waals surface area contributed by atoms with Crippen LogP contribution in [0, 0.1) is 24.0 Å². The van der Waals surface area contributed by atoms with E-state index in [-0.39, 0.29) is 10.6 Å². The van der Waals surface area contributed by atoms with E-state index in [1.165, 1.54) is 33.4 Å². The molecule has 2 aromatic carbocycles. The first-order valence-corrected chi connectivity index (χ1v) is 15.4. The highest BCUT2D eigenvalue weighted by Crippen LogP contribution is 2.44. The number of non-ortho nitro benzene ring substituents is 1. The Morgan fingerprint density at radius 1 is 0.682 bits per heavy atom. The summed E-state index contributed by atoms with van der Waals surface area (Å²) in [6.45, 7) is 13.0. The zero-order valence-corrected chi connectivity index (χ0v) is 26.0. The van der Waals surface area contributed by atoms with Crippen LogP contribution in [0.15, 0.2) is 54.6 Å². The van der Waals surface area contributed by atoms with Crippen LogP contribution in [0.5, 0.6) is 0 Å². The fourth-order valence-electron chi connectivity index (χ4n) is 7.14. The van der Waals surface area contributed by atoms with Gasteiger partial charge in [-0.1, -0.05) is 39.0 Å². The number of benzene rings is 2. The molecule has 5 aromatic rings. The van der Waals surface area contributed by atoms with E-state index < -0.39 is 0 Å². The Morgan fingerprint density at radius 3 is 1.89 bits per heavy atom. The van der Waals surface area contributed by atoms with Gasteiger partial charge in [0.1, 0.15) is 0 Å². The van der Waals surface area contributed by atoms with Crippen LogP contribution in [0.2, 0.25) is 0 Å². The number of hydrogen-bond acceptors (Lipinski definition) is 4.